The smallest absolute Gasteiger partial charge is 0.405 e. The van der Waals surface area contributed by atoms with Crippen LogP contribution in [-0.4, -0.2) is 42.9 Å². The lowest BCUT2D eigenvalue weighted by Crippen LogP contribution is -2.39. The van der Waals surface area contributed by atoms with Gasteiger partial charge in [0.1, 0.15) is 12.1 Å². The molecule has 1 aliphatic carbocycles. The lowest BCUT2D eigenvalue weighted by molar-refractivity contribution is -0.138. The Balaban J connectivity index is 1.98. The maximum atomic E-state index is 13.7. The Labute approximate surface area is 228 Å². The summed E-state index contributed by atoms with van der Waals surface area (Å²) >= 11 is 0. The normalized spacial score (nSPS) is 18.6. The second-order valence-electron chi connectivity index (χ2n) is 11.4. The van der Waals surface area contributed by atoms with Crippen molar-refractivity contribution in [3.63, 3.8) is 0 Å². The zero-order valence-electron chi connectivity index (χ0n) is 23.1. The highest BCUT2D eigenvalue weighted by Crippen LogP contribution is 2.51. The highest BCUT2D eigenvalue weighted by Gasteiger charge is 2.41. The van der Waals surface area contributed by atoms with Crippen LogP contribution in [0.15, 0.2) is 30.3 Å². The molecular formula is C30H38F3N3O3. The summed E-state index contributed by atoms with van der Waals surface area (Å²) in [5.74, 6) is -2.13. The van der Waals surface area contributed by atoms with E-state index >= 15 is 0 Å². The molecule has 0 bridgehead atoms. The Kier molecular flexibility index (Phi) is 8.30. The molecule has 9 heteroatoms. The van der Waals surface area contributed by atoms with Crippen molar-refractivity contribution in [1.29, 1.82) is 0 Å². The Morgan fingerprint density at radius 2 is 1.85 bits per heavy atom. The number of fused-ring (bicyclic) bond motifs is 3. The average molecular weight is 546 g/mol. The van der Waals surface area contributed by atoms with Crippen molar-refractivity contribution in [2.75, 3.05) is 18.0 Å². The fourth-order valence-electron chi connectivity index (χ4n) is 5.70. The van der Waals surface area contributed by atoms with E-state index < -0.39 is 36.1 Å². The number of anilines is 1. The van der Waals surface area contributed by atoms with Crippen molar-refractivity contribution in [1.82, 2.24) is 5.32 Å². The van der Waals surface area contributed by atoms with E-state index in [0.29, 0.717) is 40.9 Å². The van der Waals surface area contributed by atoms with E-state index in [9.17, 15) is 22.8 Å². The maximum absolute atomic E-state index is 13.7. The number of nitrogens with zero attached hydrogens (tertiary/aromatic N) is 1. The number of benzene rings is 2. The third kappa shape index (κ3) is 6.24. The summed E-state index contributed by atoms with van der Waals surface area (Å²) in [6, 6.07) is 8.98. The molecule has 0 saturated carbocycles. The fourth-order valence-corrected chi connectivity index (χ4v) is 5.70. The third-order valence-corrected chi connectivity index (χ3v) is 7.26. The zero-order valence-corrected chi connectivity index (χ0v) is 23.1. The van der Waals surface area contributed by atoms with Gasteiger partial charge < -0.3 is 20.7 Å². The number of nitrogens with one attached hydrogen (secondary N) is 1. The molecule has 1 aliphatic heterocycles. The lowest BCUT2D eigenvalue weighted by atomic mass is 9.86. The van der Waals surface area contributed by atoms with E-state index in [-0.39, 0.29) is 6.17 Å². The van der Waals surface area contributed by atoms with Gasteiger partial charge >= 0.3 is 12.1 Å². The van der Waals surface area contributed by atoms with Gasteiger partial charge in [-0.15, -0.1) is 0 Å². The Bertz CT molecular complexity index is 1240. The number of unbranched alkanes of at least 4 members (excludes halogenated alkanes) is 2. The molecule has 1 fully saturated rings. The van der Waals surface area contributed by atoms with Crippen molar-refractivity contribution in [2.24, 2.45) is 5.73 Å². The number of hydrogen-bond acceptors (Lipinski definition) is 5. The number of hydrogen-bond donors (Lipinski definition) is 2. The summed E-state index contributed by atoms with van der Waals surface area (Å²) in [6.45, 7) is 6.72. The van der Waals surface area contributed by atoms with Crippen LogP contribution in [0.3, 0.4) is 0 Å². The molecule has 6 nitrogen and oxygen atoms in total. The van der Waals surface area contributed by atoms with Crippen LogP contribution in [0.4, 0.5) is 18.9 Å². The van der Waals surface area contributed by atoms with Crippen LogP contribution in [0.25, 0.3) is 11.1 Å². The third-order valence-electron chi connectivity index (χ3n) is 7.26. The maximum Gasteiger partial charge on any atom is 0.405 e. The molecule has 212 valence electrons. The second kappa shape index (κ2) is 11.2. The first-order valence-corrected chi connectivity index (χ1v) is 13.7. The van der Waals surface area contributed by atoms with Gasteiger partial charge in [-0.25, -0.2) is 4.79 Å². The first-order valence-electron chi connectivity index (χ1n) is 13.7. The topological polar surface area (TPSA) is 84.7 Å². The van der Waals surface area contributed by atoms with Crippen molar-refractivity contribution in [3.8, 4) is 11.1 Å². The second-order valence-corrected chi connectivity index (χ2v) is 11.4. The fraction of sp³-hybridized carbons (Fsp3) is 0.533. The van der Waals surface area contributed by atoms with Gasteiger partial charge in [0.2, 0.25) is 5.91 Å². The molecule has 0 aromatic heterocycles. The zero-order chi connectivity index (χ0) is 28.5. The monoisotopic (exact) mass is 545 g/mol. The molecule has 0 radical (unpaired) electrons. The molecule has 2 unspecified atom stereocenters. The van der Waals surface area contributed by atoms with Crippen LogP contribution in [0, 0.1) is 0 Å². The number of alkyl halides is 3. The van der Waals surface area contributed by atoms with E-state index in [2.05, 4.69) is 12.2 Å². The molecule has 39 heavy (non-hydrogen) atoms. The molecular weight excluding hydrogens is 507 g/mol. The molecule has 4 rings (SSSR count). The first kappa shape index (κ1) is 28.9. The Hall–Kier alpha value is -3.07. The van der Waals surface area contributed by atoms with Crippen LogP contribution >= 0.6 is 0 Å². The van der Waals surface area contributed by atoms with Crippen LogP contribution in [0.1, 0.15) is 92.8 Å². The Morgan fingerprint density at radius 3 is 2.46 bits per heavy atom. The van der Waals surface area contributed by atoms with E-state index in [4.69, 9.17) is 10.5 Å². The van der Waals surface area contributed by atoms with Gasteiger partial charge in [-0.3, -0.25) is 4.79 Å². The molecule has 1 saturated heterocycles. The summed E-state index contributed by atoms with van der Waals surface area (Å²) in [5, 5.41) is 2.11. The van der Waals surface area contributed by atoms with Gasteiger partial charge in [0, 0.05) is 6.54 Å². The molecule has 3 N–H and O–H groups in total. The molecule has 2 aromatic rings. The standard InChI is InChI=1S/C30H38F3N3O3/c1-5-6-7-13-20-24-21(18-11-8-9-12-19(18)25(24)27(37)35-17-30(31,32)33)16-22(28(38)39-29(2,3)4)26(20)36-15-10-14-23(36)34/h8-9,11-12,16,23,25H,5-7,10,13-15,17,34H2,1-4H3,(H,35,37). The van der Waals surface area contributed by atoms with Crippen molar-refractivity contribution >= 4 is 17.6 Å². The number of amides is 1. The predicted molar refractivity (Wildman–Crippen MR) is 146 cm³/mol. The van der Waals surface area contributed by atoms with E-state index in [1.165, 1.54) is 0 Å². The molecule has 1 heterocycles. The highest BCUT2D eigenvalue weighted by molar-refractivity contribution is 6.04. The molecule has 1 amide bonds. The molecule has 2 atom stereocenters. The van der Waals surface area contributed by atoms with Gasteiger partial charge in [0.05, 0.1) is 23.3 Å². The number of carbonyl (C=O) groups excluding carboxylic acids is 2. The molecule has 0 spiro atoms. The summed E-state index contributed by atoms with van der Waals surface area (Å²) in [5.41, 5.74) is 10.3. The predicted octanol–water partition coefficient (Wildman–Crippen LogP) is 6.05. The van der Waals surface area contributed by atoms with Gasteiger partial charge in [-0.05, 0) is 80.3 Å². The van der Waals surface area contributed by atoms with Crippen molar-refractivity contribution in [2.45, 2.75) is 90.1 Å². The number of halogens is 3. The average Bonchev–Trinajstić information content (AvgIpc) is 3.41. The minimum Gasteiger partial charge on any atom is -0.456 e. The SMILES string of the molecule is CCCCCc1c2c(cc(C(=O)OC(C)(C)C)c1N1CCCC1N)-c1ccccc1C2C(=O)NCC(F)(F)F. The van der Waals surface area contributed by atoms with Gasteiger partial charge in [-0.1, -0.05) is 44.0 Å². The van der Waals surface area contributed by atoms with Crippen LogP contribution in [-0.2, 0) is 16.0 Å². The van der Waals surface area contributed by atoms with Gasteiger partial charge in [0.25, 0.3) is 0 Å². The molecule has 2 aliphatic rings. The largest absolute Gasteiger partial charge is 0.456 e. The van der Waals surface area contributed by atoms with Crippen molar-refractivity contribution < 1.29 is 27.5 Å². The Morgan fingerprint density at radius 1 is 1.13 bits per heavy atom. The summed E-state index contributed by atoms with van der Waals surface area (Å²) in [6.07, 6.45) is -0.0288. The van der Waals surface area contributed by atoms with E-state index in [1.54, 1.807) is 39.0 Å². The number of nitrogens with two attached hydrogens (primary N) is 1. The van der Waals surface area contributed by atoms with Crippen LogP contribution in [0.5, 0.6) is 0 Å². The van der Waals surface area contributed by atoms with Crippen molar-refractivity contribution in [3.05, 3.63) is 52.6 Å². The van der Waals surface area contributed by atoms with Gasteiger partial charge in [-0.2, -0.15) is 13.2 Å². The van der Waals surface area contributed by atoms with E-state index in [0.717, 1.165) is 43.2 Å². The minimum absolute atomic E-state index is 0.324. The number of ether oxygens (including phenoxy) is 1. The quantitative estimate of drug-likeness (QED) is 0.312. The highest BCUT2D eigenvalue weighted by atomic mass is 19.4. The summed E-state index contributed by atoms with van der Waals surface area (Å²) in [4.78, 5) is 29.1. The van der Waals surface area contributed by atoms with Gasteiger partial charge in [0.15, 0.2) is 0 Å². The number of carbonyl (C=O) groups is 2. The molecule has 2 aromatic carbocycles. The van der Waals surface area contributed by atoms with Crippen LogP contribution in [0.2, 0.25) is 0 Å². The number of rotatable bonds is 8. The summed E-state index contributed by atoms with van der Waals surface area (Å²) in [7, 11) is 0. The minimum atomic E-state index is -4.53. The summed E-state index contributed by atoms with van der Waals surface area (Å²) < 4.78 is 45.1. The van der Waals surface area contributed by atoms with E-state index in [1.807, 2.05) is 17.0 Å². The van der Waals surface area contributed by atoms with Crippen LogP contribution < -0.4 is 16.0 Å². The number of esters is 1. The lowest BCUT2D eigenvalue weighted by Gasteiger charge is -2.32. The first-order chi connectivity index (χ1) is 18.3.